The Bertz CT molecular complexity index is 644. The zero-order valence-corrected chi connectivity index (χ0v) is 14.9. The Labute approximate surface area is 147 Å². The third-order valence-corrected chi connectivity index (χ3v) is 3.77. The van der Waals surface area contributed by atoms with Crippen molar-refractivity contribution in [2.75, 3.05) is 13.1 Å². The second-order valence-corrected chi connectivity index (χ2v) is 7.14. The summed E-state index contributed by atoms with van der Waals surface area (Å²) < 4.78 is 18.4. The molecule has 1 N–H and O–H groups in total. The van der Waals surface area contributed by atoms with E-state index in [1.54, 1.807) is 23.1 Å². The highest BCUT2D eigenvalue weighted by molar-refractivity contribution is 5.91. The Morgan fingerprint density at radius 1 is 1.28 bits per heavy atom. The standard InChI is InChI=1S/C19H25FN2O3/c1-19(2,3)25-18(24)22-11-9-16(10-12-22)21-17(23)8-7-14-5-4-6-15(20)13-14/h4-8,13,16H,9-12H2,1-3H3,(H,21,23). The number of nitrogens with one attached hydrogen (secondary N) is 1. The van der Waals surface area contributed by atoms with Gasteiger partial charge in [0.05, 0.1) is 0 Å². The van der Waals surface area contributed by atoms with Gasteiger partial charge in [0.25, 0.3) is 0 Å². The van der Waals surface area contributed by atoms with Gasteiger partial charge < -0.3 is 15.0 Å². The van der Waals surface area contributed by atoms with E-state index in [1.165, 1.54) is 18.2 Å². The van der Waals surface area contributed by atoms with E-state index in [2.05, 4.69) is 5.32 Å². The summed E-state index contributed by atoms with van der Waals surface area (Å²) in [6.07, 6.45) is 4.02. The Hall–Kier alpha value is -2.37. The predicted molar refractivity (Wildman–Crippen MR) is 94.4 cm³/mol. The van der Waals surface area contributed by atoms with Gasteiger partial charge in [-0.2, -0.15) is 0 Å². The summed E-state index contributed by atoms with van der Waals surface area (Å²) in [7, 11) is 0. The molecule has 2 rings (SSSR count). The third kappa shape index (κ3) is 6.57. The minimum atomic E-state index is -0.510. The fourth-order valence-electron chi connectivity index (χ4n) is 2.56. The lowest BCUT2D eigenvalue weighted by atomic mass is 10.1. The first-order chi connectivity index (χ1) is 11.7. The lowest BCUT2D eigenvalue weighted by Crippen LogP contribution is -2.47. The van der Waals surface area contributed by atoms with Gasteiger partial charge in [0, 0.05) is 25.2 Å². The number of hydrogen-bond donors (Lipinski definition) is 1. The highest BCUT2D eigenvalue weighted by Gasteiger charge is 2.27. The molecule has 0 unspecified atom stereocenters. The molecule has 0 aliphatic carbocycles. The van der Waals surface area contributed by atoms with E-state index in [1.807, 2.05) is 20.8 Å². The van der Waals surface area contributed by atoms with Crippen molar-refractivity contribution in [2.45, 2.75) is 45.3 Å². The average Bonchev–Trinajstić information content (AvgIpc) is 2.52. The van der Waals surface area contributed by atoms with Gasteiger partial charge in [-0.25, -0.2) is 9.18 Å². The summed E-state index contributed by atoms with van der Waals surface area (Å²) >= 11 is 0. The largest absolute Gasteiger partial charge is 0.444 e. The van der Waals surface area contributed by atoms with E-state index in [-0.39, 0.29) is 23.9 Å². The van der Waals surface area contributed by atoms with Crippen molar-refractivity contribution in [1.29, 1.82) is 0 Å². The Kier molecular flexibility index (Phi) is 6.17. The maximum absolute atomic E-state index is 13.1. The summed E-state index contributed by atoms with van der Waals surface area (Å²) in [5, 5.41) is 2.91. The topological polar surface area (TPSA) is 58.6 Å². The minimum absolute atomic E-state index is 0.0170. The number of benzene rings is 1. The van der Waals surface area contributed by atoms with E-state index in [0.717, 1.165) is 0 Å². The maximum Gasteiger partial charge on any atom is 0.410 e. The molecule has 1 aromatic rings. The smallest absolute Gasteiger partial charge is 0.410 e. The maximum atomic E-state index is 13.1. The van der Waals surface area contributed by atoms with Gasteiger partial charge in [0.1, 0.15) is 11.4 Å². The molecule has 1 fully saturated rings. The molecular weight excluding hydrogens is 323 g/mol. The number of ether oxygens (including phenoxy) is 1. The van der Waals surface area contributed by atoms with Crippen LogP contribution in [-0.4, -0.2) is 41.6 Å². The van der Waals surface area contributed by atoms with Crippen LogP contribution in [0.1, 0.15) is 39.2 Å². The number of carbonyl (C=O) groups is 2. The zero-order chi connectivity index (χ0) is 18.4. The molecular formula is C19H25FN2O3. The Balaban J connectivity index is 1.78. The molecule has 1 aliphatic heterocycles. The Morgan fingerprint density at radius 3 is 2.56 bits per heavy atom. The molecule has 136 valence electrons. The number of hydrogen-bond acceptors (Lipinski definition) is 3. The summed E-state index contributed by atoms with van der Waals surface area (Å²) in [5.41, 5.74) is 0.124. The van der Waals surface area contributed by atoms with Crippen molar-refractivity contribution < 1.29 is 18.7 Å². The molecule has 0 bridgehead atoms. The van der Waals surface area contributed by atoms with Gasteiger partial charge in [-0.15, -0.1) is 0 Å². The SMILES string of the molecule is CC(C)(C)OC(=O)N1CCC(NC(=O)C=Cc2cccc(F)c2)CC1. The molecule has 0 saturated carbocycles. The van der Waals surface area contributed by atoms with Gasteiger partial charge in [-0.1, -0.05) is 12.1 Å². The van der Waals surface area contributed by atoms with Crippen molar-refractivity contribution in [1.82, 2.24) is 10.2 Å². The van der Waals surface area contributed by atoms with Crippen molar-refractivity contribution in [3.63, 3.8) is 0 Å². The first-order valence-electron chi connectivity index (χ1n) is 8.45. The number of halogens is 1. The van der Waals surface area contributed by atoms with E-state index < -0.39 is 5.60 Å². The lowest BCUT2D eigenvalue weighted by molar-refractivity contribution is -0.117. The van der Waals surface area contributed by atoms with Crippen molar-refractivity contribution in [3.8, 4) is 0 Å². The van der Waals surface area contributed by atoms with Crippen LogP contribution >= 0.6 is 0 Å². The van der Waals surface area contributed by atoms with E-state index >= 15 is 0 Å². The molecule has 5 nitrogen and oxygen atoms in total. The molecule has 2 amide bonds. The minimum Gasteiger partial charge on any atom is -0.444 e. The second kappa shape index (κ2) is 8.14. The molecule has 0 spiro atoms. The van der Waals surface area contributed by atoms with Gasteiger partial charge in [0.15, 0.2) is 0 Å². The van der Waals surface area contributed by atoms with Crippen LogP contribution in [0.2, 0.25) is 0 Å². The molecule has 25 heavy (non-hydrogen) atoms. The highest BCUT2D eigenvalue weighted by atomic mass is 19.1. The van der Waals surface area contributed by atoms with Crippen LogP contribution in [-0.2, 0) is 9.53 Å². The van der Waals surface area contributed by atoms with Gasteiger partial charge in [-0.3, -0.25) is 4.79 Å². The lowest BCUT2D eigenvalue weighted by Gasteiger charge is -2.33. The molecule has 1 saturated heterocycles. The molecule has 0 atom stereocenters. The number of piperidine rings is 1. The number of nitrogens with zero attached hydrogens (tertiary/aromatic N) is 1. The molecule has 1 aliphatic rings. The van der Waals surface area contributed by atoms with Crippen molar-refractivity contribution >= 4 is 18.1 Å². The molecule has 0 aromatic heterocycles. The van der Waals surface area contributed by atoms with E-state index in [4.69, 9.17) is 4.74 Å². The van der Waals surface area contributed by atoms with Crippen LogP contribution in [0.15, 0.2) is 30.3 Å². The second-order valence-electron chi connectivity index (χ2n) is 7.14. The molecule has 1 heterocycles. The van der Waals surface area contributed by atoms with Crippen LogP contribution in [0.25, 0.3) is 6.08 Å². The van der Waals surface area contributed by atoms with Gasteiger partial charge in [0.2, 0.25) is 5.91 Å². The fraction of sp³-hybridized carbons (Fsp3) is 0.474. The van der Waals surface area contributed by atoms with E-state index in [9.17, 15) is 14.0 Å². The molecule has 6 heteroatoms. The van der Waals surface area contributed by atoms with Crippen LogP contribution < -0.4 is 5.32 Å². The summed E-state index contributed by atoms with van der Waals surface area (Å²) in [6.45, 7) is 6.61. The number of carbonyl (C=O) groups excluding carboxylic acids is 2. The van der Waals surface area contributed by atoms with Crippen molar-refractivity contribution in [2.24, 2.45) is 0 Å². The fourth-order valence-corrected chi connectivity index (χ4v) is 2.56. The molecule has 1 aromatic carbocycles. The third-order valence-electron chi connectivity index (χ3n) is 3.77. The first kappa shape index (κ1) is 19.0. The van der Waals surface area contributed by atoms with Crippen LogP contribution in [0, 0.1) is 5.82 Å². The first-order valence-corrected chi connectivity index (χ1v) is 8.45. The normalized spacial score (nSPS) is 16.1. The predicted octanol–water partition coefficient (Wildman–Crippen LogP) is 3.35. The summed E-state index contributed by atoms with van der Waals surface area (Å²) in [6, 6.07) is 6.06. The van der Waals surface area contributed by atoms with Crippen LogP contribution in [0.4, 0.5) is 9.18 Å². The van der Waals surface area contributed by atoms with Gasteiger partial charge >= 0.3 is 6.09 Å². The molecule has 0 radical (unpaired) electrons. The van der Waals surface area contributed by atoms with Gasteiger partial charge in [-0.05, 0) is 57.4 Å². The number of rotatable bonds is 3. The average molecular weight is 348 g/mol. The van der Waals surface area contributed by atoms with E-state index in [0.29, 0.717) is 31.5 Å². The summed E-state index contributed by atoms with van der Waals surface area (Å²) in [4.78, 5) is 25.6. The number of amides is 2. The van der Waals surface area contributed by atoms with Crippen LogP contribution in [0.5, 0.6) is 0 Å². The zero-order valence-electron chi connectivity index (χ0n) is 14.9. The monoisotopic (exact) mass is 348 g/mol. The Morgan fingerprint density at radius 2 is 1.96 bits per heavy atom. The van der Waals surface area contributed by atoms with Crippen LogP contribution in [0.3, 0.4) is 0 Å². The quantitative estimate of drug-likeness (QED) is 0.852. The highest BCUT2D eigenvalue weighted by Crippen LogP contribution is 2.15. The van der Waals surface area contributed by atoms with Crippen molar-refractivity contribution in [3.05, 3.63) is 41.7 Å². The summed E-state index contributed by atoms with van der Waals surface area (Å²) in [5.74, 6) is -0.558. The number of likely N-dealkylation sites (tertiary alicyclic amines) is 1.